The summed E-state index contributed by atoms with van der Waals surface area (Å²) >= 11 is 0. The lowest BCUT2D eigenvalue weighted by Crippen LogP contribution is -2.14. The Morgan fingerprint density at radius 3 is 2.15 bits per heavy atom. The lowest BCUT2D eigenvalue weighted by atomic mass is 9.75. The van der Waals surface area contributed by atoms with Gasteiger partial charge in [-0.25, -0.2) is 0 Å². The largest absolute Gasteiger partial charge is 0.103 e. The molecule has 0 nitrogen and oxygen atoms in total. The van der Waals surface area contributed by atoms with Gasteiger partial charge in [0.2, 0.25) is 0 Å². The highest BCUT2D eigenvalue weighted by atomic mass is 14.3. The van der Waals surface area contributed by atoms with Gasteiger partial charge in [0, 0.05) is 5.92 Å². The predicted molar refractivity (Wildman–Crippen MR) is 121 cm³/mol. The second kappa shape index (κ2) is 10.1. The van der Waals surface area contributed by atoms with Crippen molar-refractivity contribution in [3.8, 4) is 0 Å². The molecule has 0 heterocycles. The molecule has 0 saturated heterocycles. The molecule has 0 aliphatic rings. The van der Waals surface area contributed by atoms with E-state index in [2.05, 4.69) is 101 Å². The highest BCUT2D eigenvalue weighted by Gasteiger charge is 2.25. The molecule has 0 spiro atoms. The van der Waals surface area contributed by atoms with Crippen molar-refractivity contribution in [2.24, 2.45) is 11.8 Å². The molecule has 0 bridgehead atoms. The zero-order valence-corrected chi connectivity index (χ0v) is 17.2. The molecule has 2 rings (SSSR count). The molecule has 142 valence electrons. The summed E-state index contributed by atoms with van der Waals surface area (Å²) < 4.78 is 0. The first-order chi connectivity index (χ1) is 12.9. The van der Waals surface area contributed by atoms with Crippen molar-refractivity contribution in [2.75, 3.05) is 0 Å². The van der Waals surface area contributed by atoms with Gasteiger partial charge in [0.1, 0.15) is 0 Å². The Kier molecular flexibility index (Phi) is 7.85. The smallest absolute Gasteiger partial charge is 0.0155 e. The molecule has 0 saturated carbocycles. The molecule has 2 atom stereocenters. The molecule has 0 heteroatoms. The summed E-state index contributed by atoms with van der Waals surface area (Å²) in [4.78, 5) is 0. The van der Waals surface area contributed by atoms with Crippen LogP contribution in [-0.4, -0.2) is 0 Å². The zero-order valence-electron chi connectivity index (χ0n) is 17.2. The van der Waals surface area contributed by atoms with Crippen LogP contribution in [0.4, 0.5) is 0 Å². The van der Waals surface area contributed by atoms with E-state index in [9.17, 15) is 0 Å². The minimum Gasteiger partial charge on any atom is -0.103 e. The summed E-state index contributed by atoms with van der Waals surface area (Å²) in [5.74, 6) is 1.21. The molecule has 2 unspecified atom stereocenters. The van der Waals surface area contributed by atoms with Crippen LogP contribution in [0.3, 0.4) is 0 Å². The Hall–Kier alpha value is -2.34. The fourth-order valence-electron chi connectivity index (χ4n) is 3.58. The molecule has 0 N–H and O–H groups in total. The zero-order chi connectivity index (χ0) is 19.8. The van der Waals surface area contributed by atoms with E-state index >= 15 is 0 Å². The molecule has 2 aromatic carbocycles. The van der Waals surface area contributed by atoms with E-state index in [0.29, 0.717) is 11.8 Å². The Morgan fingerprint density at radius 2 is 1.59 bits per heavy atom. The van der Waals surface area contributed by atoms with Gasteiger partial charge in [-0.3, -0.25) is 0 Å². The van der Waals surface area contributed by atoms with E-state index in [1.165, 1.54) is 28.7 Å². The predicted octanol–water partition coefficient (Wildman–Crippen LogP) is 7.98. The van der Waals surface area contributed by atoms with Gasteiger partial charge in [0.05, 0.1) is 0 Å². The van der Waals surface area contributed by atoms with Crippen molar-refractivity contribution >= 4 is 5.57 Å². The van der Waals surface area contributed by atoms with Gasteiger partial charge < -0.3 is 0 Å². The summed E-state index contributed by atoms with van der Waals surface area (Å²) in [5.41, 5.74) is 6.23. The molecule has 0 aliphatic carbocycles. The van der Waals surface area contributed by atoms with Gasteiger partial charge in [-0.1, -0.05) is 98.8 Å². The van der Waals surface area contributed by atoms with Crippen LogP contribution in [0.25, 0.3) is 5.57 Å². The third-order valence-corrected chi connectivity index (χ3v) is 5.29. The third-order valence-electron chi connectivity index (χ3n) is 5.29. The maximum atomic E-state index is 4.50. The number of hydrogen-bond acceptors (Lipinski definition) is 0. The van der Waals surface area contributed by atoms with Gasteiger partial charge in [0.15, 0.2) is 0 Å². The van der Waals surface area contributed by atoms with Crippen molar-refractivity contribution < 1.29 is 0 Å². The number of hydrogen-bond donors (Lipinski definition) is 0. The van der Waals surface area contributed by atoms with Crippen LogP contribution in [0.1, 0.15) is 55.7 Å². The number of benzene rings is 2. The van der Waals surface area contributed by atoms with Crippen LogP contribution >= 0.6 is 0 Å². The average Bonchev–Trinajstić information content (AvgIpc) is 2.67. The maximum absolute atomic E-state index is 4.50. The Labute approximate surface area is 166 Å². The Morgan fingerprint density at radius 1 is 0.963 bits per heavy atom. The lowest BCUT2D eigenvalue weighted by molar-refractivity contribution is 0.540. The van der Waals surface area contributed by atoms with Gasteiger partial charge in [-0.15, -0.1) is 6.58 Å². The fraction of sp³-hybridized carbons (Fsp3) is 0.333. The molecule has 0 amide bonds. The van der Waals surface area contributed by atoms with Crippen LogP contribution in [0, 0.1) is 18.8 Å². The SMILES string of the molecule is C=CC(CC(=C)CCC(C)C)C(C(=C)c1ccc(C)cc1)c1ccccc1. The normalized spacial score (nSPS) is 13.2. The molecule has 2 aromatic rings. The second-order valence-corrected chi connectivity index (χ2v) is 8.07. The van der Waals surface area contributed by atoms with E-state index in [1.54, 1.807) is 0 Å². The highest BCUT2D eigenvalue weighted by molar-refractivity contribution is 5.70. The minimum absolute atomic E-state index is 0.210. The second-order valence-electron chi connectivity index (χ2n) is 8.07. The summed E-state index contributed by atoms with van der Waals surface area (Å²) in [6.45, 7) is 19.7. The summed E-state index contributed by atoms with van der Waals surface area (Å²) in [7, 11) is 0. The first kappa shape index (κ1) is 21.0. The lowest BCUT2D eigenvalue weighted by Gasteiger charge is -2.28. The van der Waals surface area contributed by atoms with E-state index < -0.39 is 0 Å². The van der Waals surface area contributed by atoms with E-state index in [4.69, 9.17) is 0 Å². The number of rotatable bonds is 10. The van der Waals surface area contributed by atoms with Gasteiger partial charge in [-0.05, 0) is 54.7 Å². The molecule has 0 fully saturated rings. The fourth-order valence-corrected chi connectivity index (χ4v) is 3.58. The summed E-state index contributed by atoms with van der Waals surface area (Å²) in [6.07, 6.45) is 5.33. The van der Waals surface area contributed by atoms with Crippen LogP contribution < -0.4 is 0 Å². The molecular formula is C27H34. The Balaban J connectivity index is 2.30. The van der Waals surface area contributed by atoms with Crippen LogP contribution in [-0.2, 0) is 0 Å². The van der Waals surface area contributed by atoms with E-state index in [0.717, 1.165) is 18.4 Å². The summed E-state index contributed by atoms with van der Waals surface area (Å²) in [5, 5.41) is 0. The highest BCUT2D eigenvalue weighted by Crippen LogP contribution is 2.40. The van der Waals surface area contributed by atoms with Crippen molar-refractivity contribution in [1.29, 1.82) is 0 Å². The molecule has 27 heavy (non-hydrogen) atoms. The quantitative estimate of drug-likeness (QED) is 0.378. The molecule has 0 radical (unpaired) electrons. The molecule has 0 aromatic heterocycles. The van der Waals surface area contributed by atoms with Gasteiger partial charge in [0.25, 0.3) is 0 Å². The minimum atomic E-state index is 0.210. The van der Waals surface area contributed by atoms with Crippen molar-refractivity contribution in [1.82, 2.24) is 0 Å². The van der Waals surface area contributed by atoms with Crippen molar-refractivity contribution in [3.63, 3.8) is 0 Å². The van der Waals surface area contributed by atoms with Gasteiger partial charge >= 0.3 is 0 Å². The standard InChI is InChI=1S/C27H34/c1-7-24(19-22(5)14-13-20(2)3)27(26-11-9-8-10-12-26)23(6)25-17-15-21(4)16-18-25/h7-12,15-18,20,24,27H,1,5-6,13-14,19H2,2-4H3. The summed E-state index contributed by atoms with van der Waals surface area (Å²) in [6, 6.07) is 19.4. The van der Waals surface area contributed by atoms with Gasteiger partial charge in [-0.2, -0.15) is 0 Å². The topological polar surface area (TPSA) is 0 Å². The first-order valence-corrected chi connectivity index (χ1v) is 10.0. The maximum Gasteiger partial charge on any atom is 0.0155 e. The van der Waals surface area contributed by atoms with E-state index in [-0.39, 0.29) is 5.92 Å². The van der Waals surface area contributed by atoms with Crippen molar-refractivity contribution in [3.05, 3.63) is 103 Å². The van der Waals surface area contributed by atoms with Crippen LogP contribution in [0.5, 0.6) is 0 Å². The first-order valence-electron chi connectivity index (χ1n) is 10.0. The van der Waals surface area contributed by atoms with E-state index in [1.807, 2.05) is 0 Å². The van der Waals surface area contributed by atoms with Crippen LogP contribution in [0.2, 0.25) is 0 Å². The Bertz CT molecular complexity index is 746. The monoisotopic (exact) mass is 358 g/mol. The molecular weight excluding hydrogens is 324 g/mol. The molecule has 0 aliphatic heterocycles. The average molecular weight is 359 g/mol. The number of allylic oxidation sites excluding steroid dienone is 3. The third kappa shape index (κ3) is 6.10. The number of aryl methyl sites for hydroxylation is 1. The van der Waals surface area contributed by atoms with Crippen LogP contribution in [0.15, 0.2) is 86.0 Å². The van der Waals surface area contributed by atoms with Crippen molar-refractivity contribution in [2.45, 2.75) is 46.0 Å².